The fourth-order valence-corrected chi connectivity index (χ4v) is 2.90. The Morgan fingerprint density at radius 3 is 2.64 bits per heavy atom. The summed E-state index contributed by atoms with van der Waals surface area (Å²) in [6.07, 6.45) is 0. The van der Waals surface area contributed by atoms with Crippen LogP contribution in [0.4, 0.5) is 0 Å². The lowest BCUT2D eigenvalue weighted by Gasteiger charge is -2.15. The van der Waals surface area contributed by atoms with Crippen molar-refractivity contribution in [2.45, 2.75) is 13.5 Å². The SMILES string of the molecule is Cc1ccccc1C[NH+](C)C/C(O)=C(\C#N)c1nc2ccccc2[nH]1. The van der Waals surface area contributed by atoms with Crippen LogP contribution in [0.25, 0.3) is 16.6 Å². The number of fused-ring (bicyclic) bond motifs is 1. The van der Waals surface area contributed by atoms with E-state index >= 15 is 0 Å². The number of likely N-dealkylation sites (N-methyl/N-ethyl adjacent to an activating group) is 1. The van der Waals surface area contributed by atoms with Crippen molar-refractivity contribution in [3.8, 4) is 6.07 Å². The molecule has 25 heavy (non-hydrogen) atoms. The molecule has 1 atom stereocenters. The van der Waals surface area contributed by atoms with Crippen LogP contribution < -0.4 is 4.90 Å². The molecule has 126 valence electrons. The molecule has 3 rings (SSSR count). The molecule has 0 aliphatic carbocycles. The summed E-state index contributed by atoms with van der Waals surface area (Å²) in [5.41, 5.74) is 4.27. The Balaban J connectivity index is 1.82. The van der Waals surface area contributed by atoms with Gasteiger partial charge in [0, 0.05) is 5.56 Å². The van der Waals surface area contributed by atoms with Crippen molar-refractivity contribution in [3.63, 3.8) is 0 Å². The molecule has 0 radical (unpaired) electrons. The van der Waals surface area contributed by atoms with Crippen molar-refractivity contribution in [2.24, 2.45) is 0 Å². The summed E-state index contributed by atoms with van der Waals surface area (Å²) in [7, 11) is 2.00. The van der Waals surface area contributed by atoms with Gasteiger partial charge in [-0.15, -0.1) is 0 Å². The molecule has 0 spiro atoms. The second kappa shape index (κ2) is 7.20. The minimum Gasteiger partial charge on any atom is -0.506 e. The standard InChI is InChI=1S/C20H20N4O/c1-14-7-3-4-8-15(14)12-24(2)13-19(25)16(11-21)20-22-17-9-5-6-10-18(17)23-20/h3-10,25H,12-13H2,1-2H3,(H,22,23)/p+1/b19-16-. The lowest BCUT2D eigenvalue weighted by atomic mass is 10.1. The van der Waals surface area contributed by atoms with Crippen molar-refractivity contribution >= 4 is 16.6 Å². The van der Waals surface area contributed by atoms with E-state index in [0.717, 1.165) is 22.5 Å². The maximum atomic E-state index is 10.5. The first-order chi connectivity index (χ1) is 12.1. The van der Waals surface area contributed by atoms with E-state index in [1.54, 1.807) is 0 Å². The Kier molecular flexibility index (Phi) is 4.82. The van der Waals surface area contributed by atoms with Crippen LogP contribution in [0.15, 0.2) is 54.3 Å². The number of rotatable bonds is 5. The van der Waals surface area contributed by atoms with Gasteiger partial charge in [-0.25, -0.2) is 4.98 Å². The summed E-state index contributed by atoms with van der Waals surface area (Å²) in [5.74, 6) is 0.456. The number of aromatic amines is 1. The summed E-state index contributed by atoms with van der Waals surface area (Å²) in [6, 6.07) is 17.8. The van der Waals surface area contributed by atoms with Gasteiger partial charge in [-0.3, -0.25) is 0 Å². The van der Waals surface area contributed by atoms with Gasteiger partial charge in [0.15, 0.2) is 11.6 Å². The molecule has 0 fully saturated rings. The third kappa shape index (κ3) is 3.70. The van der Waals surface area contributed by atoms with Crippen LogP contribution in [0.3, 0.4) is 0 Å². The smallest absolute Gasteiger partial charge is 0.169 e. The highest BCUT2D eigenvalue weighted by atomic mass is 16.3. The molecule has 1 heterocycles. The molecule has 0 saturated heterocycles. The number of quaternary nitrogens is 1. The maximum Gasteiger partial charge on any atom is 0.169 e. The van der Waals surface area contributed by atoms with Gasteiger partial charge in [-0.05, 0) is 24.6 Å². The van der Waals surface area contributed by atoms with Crippen molar-refractivity contribution in [3.05, 3.63) is 71.2 Å². The molecule has 0 saturated carbocycles. The summed E-state index contributed by atoms with van der Waals surface area (Å²) < 4.78 is 0. The second-order valence-electron chi connectivity index (χ2n) is 6.27. The van der Waals surface area contributed by atoms with E-state index in [1.807, 2.05) is 43.4 Å². The number of aromatic nitrogens is 2. The van der Waals surface area contributed by atoms with Crippen LogP contribution in [0.2, 0.25) is 0 Å². The number of para-hydroxylation sites is 2. The second-order valence-corrected chi connectivity index (χ2v) is 6.27. The van der Waals surface area contributed by atoms with Crippen molar-refractivity contribution in [1.82, 2.24) is 9.97 Å². The number of benzene rings is 2. The van der Waals surface area contributed by atoms with Gasteiger partial charge in [-0.1, -0.05) is 36.4 Å². The molecule has 2 aromatic carbocycles. The highest BCUT2D eigenvalue weighted by Crippen LogP contribution is 2.18. The molecule has 0 amide bonds. The number of nitrogens with zero attached hydrogens (tertiary/aromatic N) is 2. The fourth-order valence-electron chi connectivity index (χ4n) is 2.90. The average Bonchev–Trinajstić information content (AvgIpc) is 3.01. The van der Waals surface area contributed by atoms with Crippen molar-refractivity contribution < 1.29 is 10.0 Å². The molecule has 0 aliphatic heterocycles. The molecule has 3 N–H and O–H groups in total. The van der Waals surface area contributed by atoms with Gasteiger partial charge in [0.1, 0.15) is 24.7 Å². The number of hydrogen-bond donors (Lipinski definition) is 3. The zero-order valence-corrected chi connectivity index (χ0v) is 14.4. The van der Waals surface area contributed by atoms with Crippen LogP contribution in [0, 0.1) is 18.3 Å². The van der Waals surface area contributed by atoms with E-state index in [4.69, 9.17) is 0 Å². The van der Waals surface area contributed by atoms with Gasteiger partial charge in [0.25, 0.3) is 0 Å². The third-order valence-corrected chi connectivity index (χ3v) is 4.25. The molecule has 0 aliphatic rings. The highest BCUT2D eigenvalue weighted by Gasteiger charge is 2.17. The Morgan fingerprint density at radius 1 is 1.20 bits per heavy atom. The molecular weight excluding hydrogens is 312 g/mol. The first kappa shape index (κ1) is 16.7. The number of aliphatic hydroxyl groups is 1. The number of nitriles is 1. The Labute approximate surface area is 146 Å². The number of imidazole rings is 1. The van der Waals surface area contributed by atoms with E-state index in [2.05, 4.69) is 35.1 Å². The number of aryl methyl sites for hydroxylation is 1. The van der Waals surface area contributed by atoms with E-state index in [-0.39, 0.29) is 11.3 Å². The van der Waals surface area contributed by atoms with Crippen LogP contribution in [0.5, 0.6) is 0 Å². The number of allylic oxidation sites excluding steroid dienone is 1. The number of H-pyrrole nitrogens is 1. The summed E-state index contributed by atoms with van der Waals surface area (Å²) in [5, 5.41) is 20.0. The number of nitrogens with one attached hydrogen (secondary N) is 2. The van der Waals surface area contributed by atoms with Crippen LogP contribution >= 0.6 is 0 Å². The minimum atomic E-state index is 0.0487. The van der Waals surface area contributed by atoms with Crippen molar-refractivity contribution in [1.29, 1.82) is 5.26 Å². The van der Waals surface area contributed by atoms with E-state index in [0.29, 0.717) is 12.4 Å². The molecule has 5 heteroatoms. The number of aliphatic hydroxyl groups excluding tert-OH is 1. The first-order valence-corrected chi connectivity index (χ1v) is 8.21. The summed E-state index contributed by atoms with van der Waals surface area (Å²) in [6.45, 7) is 3.21. The average molecular weight is 333 g/mol. The monoisotopic (exact) mass is 333 g/mol. The topological polar surface area (TPSA) is 77.1 Å². The zero-order valence-electron chi connectivity index (χ0n) is 14.4. The summed E-state index contributed by atoms with van der Waals surface area (Å²) in [4.78, 5) is 8.60. The normalized spacial score (nSPS) is 13.3. The van der Waals surface area contributed by atoms with Crippen LogP contribution in [-0.4, -0.2) is 28.7 Å². The lowest BCUT2D eigenvalue weighted by Crippen LogP contribution is -3.07. The largest absolute Gasteiger partial charge is 0.506 e. The van der Waals surface area contributed by atoms with Crippen LogP contribution in [-0.2, 0) is 6.54 Å². The lowest BCUT2D eigenvalue weighted by molar-refractivity contribution is -0.890. The number of hydrogen-bond acceptors (Lipinski definition) is 3. The highest BCUT2D eigenvalue weighted by molar-refractivity contribution is 5.82. The van der Waals surface area contributed by atoms with Gasteiger partial charge >= 0.3 is 0 Å². The Morgan fingerprint density at radius 2 is 1.92 bits per heavy atom. The predicted octanol–water partition coefficient (Wildman–Crippen LogP) is 2.38. The quantitative estimate of drug-likeness (QED) is 0.495. The van der Waals surface area contributed by atoms with E-state index in [9.17, 15) is 10.4 Å². The Bertz CT molecular complexity index is 932. The van der Waals surface area contributed by atoms with Crippen molar-refractivity contribution in [2.75, 3.05) is 13.6 Å². The summed E-state index contributed by atoms with van der Waals surface area (Å²) >= 11 is 0. The molecule has 5 nitrogen and oxygen atoms in total. The van der Waals surface area contributed by atoms with E-state index < -0.39 is 0 Å². The van der Waals surface area contributed by atoms with Gasteiger partial charge in [0.2, 0.25) is 0 Å². The molecule has 0 bridgehead atoms. The first-order valence-electron chi connectivity index (χ1n) is 8.21. The van der Waals surface area contributed by atoms with Gasteiger partial charge < -0.3 is 15.0 Å². The molecule has 3 aromatic rings. The Hall–Kier alpha value is -3.10. The van der Waals surface area contributed by atoms with Gasteiger partial charge in [0.05, 0.1) is 18.1 Å². The minimum absolute atomic E-state index is 0.0487. The zero-order chi connectivity index (χ0) is 17.8. The van der Waals surface area contributed by atoms with Gasteiger partial charge in [-0.2, -0.15) is 5.26 Å². The molecular formula is C20H21N4O+. The predicted molar refractivity (Wildman–Crippen MR) is 97.9 cm³/mol. The maximum absolute atomic E-state index is 10.5. The molecule has 1 unspecified atom stereocenters. The van der Waals surface area contributed by atoms with E-state index in [1.165, 1.54) is 11.1 Å². The van der Waals surface area contributed by atoms with Crippen LogP contribution in [0.1, 0.15) is 17.0 Å². The third-order valence-electron chi connectivity index (χ3n) is 4.25. The fraction of sp³-hybridized carbons (Fsp3) is 0.200. The molecule has 1 aromatic heterocycles.